The summed E-state index contributed by atoms with van der Waals surface area (Å²) in [6.45, 7) is 2.04. The van der Waals surface area contributed by atoms with Crippen LogP contribution >= 0.6 is 0 Å². The van der Waals surface area contributed by atoms with Crippen LogP contribution in [0.3, 0.4) is 0 Å². The summed E-state index contributed by atoms with van der Waals surface area (Å²) in [7, 11) is 0. The number of ketones is 1. The van der Waals surface area contributed by atoms with Gasteiger partial charge in [0.05, 0.1) is 11.9 Å². The number of nitrogens with zero attached hydrogens (tertiary/aromatic N) is 3. The first kappa shape index (κ1) is 13.2. The SMILES string of the molecule is CCc1ccccc1C(=O)c1cnnn1-c1ccccc1. The Morgan fingerprint density at radius 2 is 1.76 bits per heavy atom. The molecule has 2 aromatic carbocycles. The van der Waals surface area contributed by atoms with Crippen LogP contribution in [0.25, 0.3) is 5.69 Å². The fourth-order valence-electron chi connectivity index (χ4n) is 2.34. The van der Waals surface area contributed by atoms with Gasteiger partial charge >= 0.3 is 0 Å². The summed E-state index contributed by atoms with van der Waals surface area (Å²) >= 11 is 0. The third kappa shape index (κ3) is 2.48. The van der Waals surface area contributed by atoms with E-state index < -0.39 is 0 Å². The Balaban J connectivity index is 2.06. The number of benzene rings is 2. The molecule has 0 saturated carbocycles. The van der Waals surface area contributed by atoms with E-state index in [9.17, 15) is 4.79 Å². The summed E-state index contributed by atoms with van der Waals surface area (Å²) in [6, 6.07) is 17.2. The van der Waals surface area contributed by atoms with E-state index in [-0.39, 0.29) is 5.78 Å². The van der Waals surface area contributed by atoms with E-state index in [1.807, 2.05) is 61.5 Å². The summed E-state index contributed by atoms with van der Waals surface area (Å²) in [5.41, 5.74) is 3.04. The van der Waals surface area contributed by atoms with Gasteiger partial charge in [-0.15, -0.1) is 5.10 Å². The maximum absolute atomic E-state index is 12.8. The van der Waals surface area contributed by atoms with Crippen molar-refractivity contribution in [1.29, 1.82) is 0 Å². The zero-order chi connectivity index (χ0) is 14.7. The number of carbonyl (C=O) groups excluding carboxylic acids is 1. The largest absolute Gasteiger partial charge is 0.287 e. The molecule has 0 unspecified atom stereocenters. The highest BCUT2D eigenvalue weighted by Crippen LogP contribution is 2.17. The number of aromatic nitrogens is 3. The first-order chi connectivity index (χ1) is 10.3. The van der Waals surface area contributed by atoms with E-state index in [1.165, 1.54) is 6.20 Å². The molecular weight excluding hydrogens is 262 g/mol. The van der Waals surface area contributed by atoms with Gasteiger partial charge in [0.2, 0.25) is 5.78 Å². The molecule has 4 heteroatoms. The topological polar surface area (TPSA) is 47.8 Å². The second-order valence-corrected chi connectivity index (χ2v) is 4.71. The van der Waals surface area contributed by atoms with Gasteiger partial charge in [0, 0.05) is 5.56 Å². The number of para-hydroxylation sites is 1. The van der Waals surface area contributed by atoms with E-state index in [2.05, 4.69) is 10.3 Å². The fourth-order valence-corrected chi connectivity index (χ4v) is 2.34. The highest BCUT2D eigenvalue weighted by molar-refractivity contribution is 6.08. The van der Waals surface area contributed by atoms with Crippen LogP contribution in [0.5, 0.6) is 0 Å². The van der Waals surface area contributed by atoms with Crippen molar-refractivity contribution in [2.24, 2.45) is 0 Å². The lowest BCUT2D eigenvalue weighted by atomic mass is 10.00. The smallest absolute Gasteiger partial charge is 0.213 e. The van der Waals surface area contributed by atoms with Gasteiger partial charge in [0.1, 0.15) is 5.69 Å². The van der Waals surface area contributed by atoms with Crippen molar-refractivity contribution in [2.45, 2.75) is 13.3 Å². The van der Waals surface area contributed by atoms with Gasteiger partial charge in [-0.25, -0.2) is 4.68 Å². The molecule has 0 radical (unpaired) electrons. The molecule has 0 aliphatic carbocycles. The van der Waals surface area contributed by atoms with Crippen molar-refractivity contribution in [2.75, 3.05) is 0 Å². The highest BCUT2D eigenvalue weighted by atomic mass is 16.1. The zero-order valence-corrected chi connectivity index (χ0v) is 11.7. The van der Waals surface area contributed by atoms with Gasteiger partial charge in [-0.05, 0) is 24.1 Å². The first-order valence-electron chi connectivity index (χ1n) is 6.90. The minimum Gasteiger partial charge on any atom is -0.287 e. The molecule has 0 N–H and O–H groups in total. The number of hydrogen-bond donors (Lipinski definition) is 0. The quantitative estimate of drug-likeness (QED) is 0.689. The Labute approximate surface area is 123 Å². The van der Waals surface area contributed by atoms with Crippen LogP contribution in [0.1, 0.15) is 28.5 Å². The van der Waals surface area contributed by atoms with Gasteiger partial charge in [0.25, 0.3) is 0 Å². The molecule has 0 spiro atoms. The van der Waals surface area contributed by atoms with Crippen LogP contribution in [0.4, 0.5) is 0 Å². The lowest BCUT2D eigenvalue weighted by molar-refractivity contribution is 0.103. The predicted molar refractivity (Wildman–Crippen MR) is 80.6 cm³/mol. The standard InChI is InChI=1S/C17H15N3O/c1-2-13-8-6-7-11-15(13)17(21)16-12-18-19-20(16)14-9-4-3-5-10-14/h3-12H,2H2,1H3. The number of aryl methyl sites for hydroxylation is 1. The van der Waals surface area contributed by atoms with Crippen molar-refractivity contribution >= 4 is 5.78 Å². The Kier molecular flexibility index (Phi) is 3.60. The summed E-state index contributed by atoms with van der Waals surface area (Å²) in [5, 5.41) is 7.93. The molecule has 4 nitrogen and oxygen atoms in total. The average Bonchev–Trinajstić information content (AvgIpc) is 3.04. The summed E-state index contributed by atoms with van der Waals surface area (Å²) in [4.78, 5) is 12.8. The van der Waals surface area contributed by atoms with E-state index in [4.69, 9.17) is 0 Å². The van der Waals surface area contributed by atoms with Crippen molar-refractivity contribution in [3.63, 3.8) is 0 Å². The minimum atomic E-state index is -0.0543. The van der Waals surface area contributed by atoms with Gasteiger partial charge in [0.15, 0.2) is 0 Å². The van der Waals surface area contributed by atoms with Crippen LogP contribution in [-0.2, 0) is 6.42 Å². The molecule has 1 heterocycles. The Hall–Kier alpha value is -2.75. The Morgan fingerprint density at radius 3 is 2.52 bits per heavy atom. The van der Waals surface area contributed by atoms with Crippen LogP contribution < -0.4 is 0 Å². The summed E-state index contributed by atoms with van der Waals surface area (Å²) in [5.74, 6) is -0.0543. The molecule has 21 heavy (non-hydrogen) atoms. The molecule has 0 atom stereocenters. The van der Waals surface area contributed by atoms with Crippen molar-refractivity contribution in [3.8, 4) is 5.69 Å². The molecule has 0 saturated heterocycles. The molecule has 1 aromatic heterocycles. The lowest BCUT2D eigenvalue weighted by Crippen LogP contribution is -2.11. The third-order valence-corrected chi connectivity index (χ3v) is 3.43. The van der Waals surface area contributed by atoms with E-state index in [0.29, 0.717) is 11.3 Å². The fraction of sp³-hybridized carbons (Fsp3) is 0.118. The van der Waals surface area contributed by atoms with E-state index in [0.717, 1.165) is 17.7 Å². The van der Waals surface area contributed by atoms with Crippen LogP contribution in [0.2, 0.25) is 0 Å². The number of hydrogen-bond acceptors (Lipinski definition) is 3. The van der Waals surface area contributed by atoms with Gasteiger partial charge in [-0.1, -0.05) is 54.6 Å². The maximum atomic E-state index is 12.8. The molecule has 0 aliphatic heterocycles. The second kappa shape index (κ2) is 5.71. The van der Waals surface area contributed by atoms with E-state index >= 15 is 0 Å². The van der Waals surface area contributed by atoms with Crippen molar-refractivity contribution < 1.29 is 4.79 Å². The van der Waals surface area contributed by atoms with Crippen molar-refractivity contribution in [1.82, 2.24) is 15.0 Å². The predicted octanol–water partition coefficient (Wildman–Crippen LogP) is 3.06. The normalized spacial score (nSPS) is 10.5. The Morgan fingerprint density at radius 1 is 1.05 bits per heavy atom. The molecule has 0 bridgehead atoms. The number of carbonyl (C=O) groups is 1. The zero-order valence-electron chi connectivity index (χ0n) is 11.7. The van der Waals surface area contributed by atoms with Gasteiger partial charge in [-0.2, -0.15) is 0 Å². The number of rotatable bonds is 4. The summed E-state index contributed by atoms with van der Waals surface area (Å²) < 4.78 is 1.58. The third-order valence-electron chi connectivity index (χ3n) is 3.43. The monoisotopic (exact) mass is 277 g/mol. The van der Waals surface area contributed by atoms with Crippen LogP contribution in [-0.4, -0.2) is 20.8 Å². The lowest BCUT2D eigenvalue weighted by Gasteiger charge is -2.08. The highest BCUT2D eigenvalue weighted by Gasteiger charge is 2.18. The Bertz CT molecular complexity index is 762. The molecule has 0 amide bonds. The molecule has 3 aromatic rings. The molecular formula is C17H15N3O. The molecule has 104 valence electrons. The second-order valence-electron chi connectivity index (χ2n) is 4.71. The summed E-state index contributed by atoms with van der Waals surface area (Å²) in [6.07, 6.45) is 2.33. The van der Waals surface area contributed by atoms with Crippen LogP contribution in [0, 0.1) is 0 Å². The average molecular weight is 277 g/mol. The molecule has 3 rings (SSSR count). The van der Waals surface area contributed by atoms with E-state index in [1.54, 1.807) is 4.68 Å². The maximum Gasteiger partial charge on any atom is 0.213 e. The molecule has 0 fully saturated rings. The van der Waals surface area contributed by atoms with Crippen molar-refractivity contribution in [3.05, 3.63) is 77.6 Å². The van der Waals surface area contributed by atoms with Gasteiger partial charge in [-0.3, -0.25) is 4.79 Å². The molecule has 0 aliphatic rings. The van der Waals surface area contributed by atoms with Gasteiger partial charge < -0.3 is 0 Å². The first-order valence-corrected chi connectivity index (χ1v) is 6.90. The minimum absolute atomic E-state index is 0.0543. The van der Waals surface area contributed by atoms with Crippen LogP contribution in [0.15, 0.2) is 60.8 Å².